The van der Waals surface area contributed by atoms with Crippen molar-refractivity contribution in [1.29, 1.82) is 0 Å². The summed E-state index contributed by atoms with van der Waals surface area (Å²) < 4.78 is 0. The Kier molecular flexibility index (Phi) is 5.55. The molecule has 0 heterocycles. The van der Waals surface area contributed by atoms with E-state index in [0.717, 1.165) is 13.0 Å². The van der Waals surface area contributed by atoms with Crippen LogP contribution in [0.4, 0.5) is 0 Å². The summed E-state index contributed by atoms with van der Waals surface area (Å²) >= 11 is 0. The summed E-state index contributed by atoms with van der Waals surface area (Å²) in [7, 11) is 1.86. The van der Waals surface area contributed by atoms with E-state index in [1.165, 1.54) is 11.1 Å². The maximum atomic E-state index is 12.3. The molecule has 0 fully saturated rings. The number of hydrogen-bond acceptors (Lipinski definition) is 2. The highest BCUT2D eigenvalue weighted by Gasteiger charge is 2.29. The lowest BCUT2D eigenvalue weighted by molar-refractivity contribution is -0.136. The number of nitrogens with one attached hydrogen (secondary N) is 1. The highest BCUT2D eigenvalue weighted by molar-refractivity contribution is 5.85. The molecular weight excluding hydrogens is 236 g/mol. The number of amides is 1. The van der Waals surface area contributed by atoms with Gasteiger partial charge in [-0.05, 0) is 37.9 Å². The van der Waals surface area contributed by atoms with Crippen LogP contribution < -0.4 is 5.32 Å². The van der Waals surface area contributed by atoms with E-state index >= 15 is 0 Å². The van der Waals surface area contributed by atoms with E-state index < -0.39 is 5.54 Å². The number of carbonyl (C=O) groups is 1. The van der Waals surface area contributed by atoms with Gasteiger partial charge in [-0.1, -0.05) is 38.1 Å². The maximum Gasteiger partial charge on any atom is 0.242 e. The molecule has 1 aromatic rings. The Morgan fingerprint density at radius 3 is 2.16 bits per heavy atom. The monoisotopic (exact) mass is 262 g/mol. The van der Waals surface area contributed by atoms with Crippen LogP contribution in [0.5, 0.6) is 0 Å². The fourth-order valence-corrected chi connectivity index (χ4v) is 2.22. The van der Waals surface area contributed by atoms with Crippen molar-refractivity contribution in [3.63, 3.8) is 0 Å². The average Bonchev–Trinajstić information content (AvgIpc) is 2.38. The Morgan fingerprint density at radius 2 is 1.68 bits per heavy atom. The van der Waals surface area contributed by atoms with Crippen LogP contribution in [-0.2, 0) is 17.8 Å². The lowest BCUT2D eigenvalue weighted by Gasteiger charge is -2.30. The van der Waals surface area contributed by atoms with Crippen molar-refractivity contribution in [2.45, 2.75) is 46.2 Å². The molecule has 1 N–H and O–H groups in total. The fraction of sp³-hybridized carbons (Fsp3) is 0.562. The molecule has 3 heteroatoms. The molecule has 0 aromatic heterocycles. The lowest BCUT2D eigenvalue weighted by atomic mass is 10.0. The molecule has 0 atom stereocenters. The quantitative estimate of drug-likeness (QED) is 0.854. The van der Waals surface area contributed by atoms with Crippen molar-refractivity contribution in [2.24, 2.45) is 0 Å². The van der Waals surface area contributed by atoms with Gasteiger partial charge in [0.15, 0.2) is 0 Å². The number of rotatable bonds is 6. The van der Waals surface area contributed by atoms with Gasteiger partial charge in [0.1, 0.15) is 0 Å². The molecule has 19 heavy (non-hydrogen) atoms. The molecule has 1 aromatic carbocycles. The van der Waals surface area contributed by atoms with Gasteiger partial charge >= 0.3 is 0 Å². The second kappa shape index (κ2) is 6.71. The van der Waals surface area contributed by atoms with Gasteiger partial charge in [-0.15, -0.1) is 0 Å². The minimum absolute atomic E-state index is 0.119. The maximum absolute atomic E-state index is 12.3. The van der Waals surface area contributed by atoms with Crippen LogP contribution in [0.3, 0.4) is 0 Å². The van der Waals surface area contributed by atoms with E-state index in [0.29, 0.717) is 6.54 Å². The summed E-state index contributed by atoms with van der Waals surface area (Å²) in [6.45, 7) is 9.45. The SMILES string of the molecule is CCNC(C)(C)C(=O)N(C)Cc1ccc(CC)cc1. The van der Waals surface area contributed by atoms with Gasteiger partial charge in [0, 0.05) is 13.6 Å². The van der Waals surface area contributed by atoms with E-state index in [1.54, 1.807) is 4.90 Å². The van der Waals surface area contributed by atoms with Crippen molar-refractivity contribution in [3.8, 4) is 0 Å². The van der Waals surface area contributed by atoms with Crippen molar-refractivity contribution in [2.75, 3.05) is 13.6 Å². The second-order valence-corrected chi connectivity index (χ2v) is 5.49. The van der Waals surface area contributed by atoms with Crippen LogP contribution in [0.1, 0.15) is 38.8 Å². The Labute approximate surface area is 117 Å². The topological polar surface area (TPSA) is 32.3 Å². The molecule has 0 bridgehead atoms. The lowest BCUT2D eigenvalue weighted by Crippen LogP contribution is -2.52. The molecule has 106 valence electrons. The van der Waals surface area contributed by atoms with Gasteiger partial charge in [0.2, 0.25) is 5.91 Å². The first-order valence-corrected chi connectivity index (χ1v) is 6.99. The minimum atomic E-state index is -0.507. The zero-order chi connectivity index (χ0) is 14.5. The molecule has 1 amide bonds. The smallest absolute Gasteiger partial charge is 0.242 e. The summed E-state index contributed by atoms with van der Waals surface area (Å²) in [5, 5.41) is 3.22. The molecule has 0 saturated heterocycles. The van der Waals surface area contributed by atoms with Gasteiger partial charge in [-0.25, -0.2) is 0 Å². The van der Waals surface area contributed by atoms with Gasteiger partial charge < -0.3 is 10.2 Å². The van der Waals surface area contributed by atoms with E-state index in [4.69, 9.17) is 0 Å². The van der Waals surface area contributed by atoms with Crippen molar-refractivity contribution < 1.29 is 4.79 Å². The molecule has 0 aliphatic carbocycles. The normalized spacial score (nSPS) is 11.4. The standard InChI is InChI=1S/C16H26N2O/c1-6-13-8-10-14(11-9-13)12-18(5)15(19)16(3,4)17-7-2/h8-11,17H,6-7,12H2,1-5H3. The zero-order valence-corrected chi connectivity index (χ0v) is 12.8. The van der Waals surface area contributed by atoms with Crippen LogP contribution in [-0.4, -0.2) is 29.9 Å². The molecular formula is C16H26N2O. The third-order valence-corrected chi connectivity index (χ3v) is 3.35. The summed E-state index contributed by atoms with van der Waals surface area (Å²) in [6.07, 6.45) is 1.04. The zero-order valence-electron chi connectivity index (χ0n) is 12.8. The van der Waals surface area contributed by atoms with Gasteiger partial charge in [-0.2, -0.15) is 0 Å². The molecule has 0 saturated carbocycles. The Bertz CT molecular complexity index is 409. The number of aryl methyl sites for hydroxylation is 1. The summed E-state index contributed by atoms with van der Waals surface area (Å²) in [4.78, 5) is 14.1. The van der Waals surface area contributed by atoms with Crippen molar-refractivity contribution in [1.82, 2.24) is 10.2 Å². The van der Waals surface area contributed by atoms with Crippen LogP contribution in [0.25, 0.3) is 0 Å². The third kappa shape index (κ3) is 4.35. The third-order valence-electron chi connectivity index (χ3n) is 3.35. The first kappa shape index (κ1) is 15.7. The average molecular weight is 262 g/mol. The van der Waals surface area contributed by atoms with E-state index in [2.05, 4.69) is 36.5 Å². The highest BCUT2D eigenvalue weighted by atomic mass is 16.2. The predicted molar refractivity (Wildman–Crippen MR) is 80.0 cm³/mol. The molecule has 3 nitrogen and oxygen atoms in total. The fourth-order valence-electron chi connectivity index (χ4n) is 2.22. The van der Waals surface area contributed by atoms with Gasteiger partial charge in [0.05, 0.1) is 5.54 Å². The number of hydrogen-bond donors (Lipinski definition) is 1. The highest BCUT2D eigenvalue weighted by Crippen LogP contribution is 2.11. The van der Waals surface area contributed by atoms with E-state index in [9.17, 15) is 4.79 Å². The molecule has 1 rings (SSSR count). The first-order chi connectivity index (χ1) is 8.90. The number of benzene rings is 1. The summed E-state index contributed by atoms with van der Waals surface area (Å²) in [6, 6.07) is 8.46. The first-order valence-electron chi connectivity index (χ1n) is 6.99. The Hall–Kier alpha value is -1.35. The van der Waals surface area contributed by atoms with Crippen molar-refractivity contribution >= 4 is 5.91 Å². The second-order valence-electron chi connectivity index (χ2n) is 5.49. The van der Waals surface area contributed by atoms with Gasteiger partial charge in [0.25, 0.3) is 0 Å². The van der Waals surface area contributed by atoms with Crippen molar-refractivity contribution in [3.05, 3.63) is 35.4 Å². The van der Waals surface area contributed by atoms with Gasteiger partial charge in [-0.3, -0.25) is 4.79 Å². The largest absolute Gasteiger partial charge is 0.340 e. The minimum Gasteiger partial charge on any atom is -0.340 e. The van der Waals surface area contributed by atoms with Crippen LogP contribution in [0.2, 0.25) is 0 Å². The predicted octanol–water partition coefficient (Wildman–Crippen LogP) is 2.60. The number of carbonyl (C=O) groups excluding carboxylic acids is 1. The van der Waals surface area contributed by atoms with Crippen LogP contribution >= 0.6 is 0 Å². The van der Waals surface area contributed by atoms with Crippen LogP contribution in [0, 0.1) is 0 Å². The number of nitrogens with zero attached hydrogens (tertiary/aromatic N) is 1. The molecule has 0 aliphatic rings. The molecule has 0 unspecified atom stereocenters. The Morgan fingerprint density at radius 1 is 1.16 bits per heavy atom. The van der Waals surface area contributed by atoms with Crippen LogP contribution in [0.15, 0.2) is 24.3 Å². The van der Waals surface area contributed by atoms with E-state index in [-0.39, 0.29) is 5.91 Å². The summed E-state index contributed by atoms with van der Waals surface area (Å²) in [5.74, 6) is 0.119. The molecule has 0 spiro atoms. The summed E-state index contributed by atoms with van der Waals surface area (Å²) in [5.41, 5.74) is 1.98. The Balaban J connectivity index is 2.67. The van der Waals surface area contributed by atoms with E-state index in [1.807, 2.05) is 27.8 Å². The molecule has 0 radical (unpaired) electrons. The number of likely N-dealkylation sites (N-methyl/N-ethyl adjacent to an activating group) is 2. The molecule has 0 aliphatic heterocycles.